The molecule has 8 heterocycles. The average molecular weight is 1260 g/mol. The number of hydrogen-bond donors (Lipinski definition) is 0. The molecule has 20 aromatic rings. The van der Waals surface area contributed by atoms with Gasteiger partial charge in [-0.05, 0) is 92.3 Å². The molecule has 0 saturated carbocycles. The lowest BCUT2D eigenvalue weighted by Gasteiger charge is -2.13. The van der Waals surface area contributed by atoms with Crippen molar-refractivity contribution in [3.63, 3.8) is 0 Å². The first-order valence-electron chi connectivity index (χ1n) is 31.8. The molecular formula is C86H50N6O2S2. The number of nitrogens with zero attached hydrogens (tertiary/aromatic N) is 6. The van der Waals surface area contributed by atoms with Crippen molar-refractivity contribution in [2.75, 3.05) is 0 Å². The smallest absolute Gasteiger partial charge is 0.162 e. The normalized spacial score (nSPS) is 11.8. The monoisotopic (exact) mass is 1260 g/mol. The first kappa shape index (κ1) is 55.3. The minimum Gasteiger partial charge on any atom is -0.455 e. The maximum Gasteiger partial charge on any atom is 0.162 e. The molecule has 0 bridgehead atoms. The van der Waals surface area contributed by atoms with E-state index in [2.05, 4.69) is 206 Å². The molecule has 0 aliphatic carbocycles. The molecular weight excluding hydrogens is 1210 g/mol. The van der Waals surface area contributed by atoms with Gasteiger partial charge in [-0.25, -0.2) is 19.9 Å². The Morgan fingerprint density at radius 3 is 0.906 bits per heavy atom. The number of benzene rings is 12. The Morgan fingerprint density at radius 2 is 0.521 bits per heavy atom. The molecule has 20 rings (SSSR count). The highest BCUT2D eigenvalue weighted by Gasteiger charge is 2.20. The van der Waals surface area contributed by atoms with Gasteiger partial charge >= 0.3 is 0 Å². The third kappa shape index (κ3) is 9.25. The first-order valence-corrected chi connectivity index (χ1v) is 33.5. The highest BCUT2D eigenvalue weighted by Crippen LogP contribution is 2.45. The highest BCUT2D eigenvalue weighted by atomic mass is 32.1. The molecule has 0 unspecified atom stereocenters. The number of hydrogen-bond acceptors (Lipinski definition) is 10. The van der Waals surface area contributed by atoms with Crippen LogP contribution in [-0.2, 0) is 0 Å². The second-order valence-corrected chi connectivity index (χ2v) is 26.1. The Hall–Kier alpha value is -12.3. The number of pyridine rings is 2. The van der Waals surface area contributed by atoms with Crippen LogP contribution in [0.15, 0.2) is 313 Å². The van der Waals surface area contributed by atoms with Gasteiger partial charge in [0.2, 0.25) is 0 Å². The van der Waals surface area contributed by atoms with Crippen LogP contribution >= 0.6 is 22.7 Å². The van der Waals surface area contributed by atoms with Crippen LogP contribution in [-0.4, -0.2) is 29.9 Å². The summed E-state index contributed by atoms with van der Waals surface area (Å²) in [6.45, 7) is 0. The molecule has 10 heteroatoms. The van der Waals surface area contributed by atoms with Crippen molar-refractivity contribution in [1.82, 2.24) is 29.9 Å². The zero-order chi connectivity index (χ0) is 63.2. The van der Waals surface area contributed by atoms with Crippen LogP contribution in [0.5, 0.6) is 0 Å². The van der Waals surface area contributed by atoms with E-state index in [4.69, 9.17) is 38.7 Å². The van der Waals surface area contributed by atoms with E-state index in [0.717, 1.165) is 111 Å². The molecule has 0 atom stereocenters. The van der Waals surface area contributed by atoms with Crippen molar-refractivity contribution < 1.29 is 8.83 Å². The largest absolute Gasteiger partial charge is 0.455 e. The third-order valence-corrected chi connectivity index (χ3v) is 21.0. The summed E-state index contributed by atoms with van der Waals surface area (Å²) < 4.78 is 17.7. The molecule has 0 amide bonds. The summed E-state index contributed by atoms with van der Waals surface area (Å²) in [4.78, 5) is 29.2. The molecule has 0 N–H and O–H groups in total. The van der Waals surface area contributed by atoms with E-state index >= 15 is 0 Å². The summed E-state index contributed by atoms with van der Waals surface area (Å²) in [6, 6.07) is 93.2. The Bertz CT molecular complexity index is 5670. The minimum atomic E-state index is 0.625. The molecule has 0 aliphatic heterocycles. The van der Waals surface area contributed by atoms with Crippen molar-refractivity contribution in [2.24, 2.45) is 0 Å². The van der Waals surface area contributed by atoms with Gasteiger partial charge in [0, 0.05) is 132 Å². The summed E-state index contributed by atoms with van der Waals surface area (Å²) >= 11 is 3.68. The van der Waals surface area contributed by atoms with E-state index in [9.17, 15) is 0 Å². The molecule has 8 aromatic heterocycles. The molecule has 0 fully saturated rings. The second kappa shape index (κ2) is 22.7. The third-order valence-electron chi connectivity index (χ3n) is 18.6. The first-order chi connectivity index (χ1) is 47.6. The number of para-hydroxylation sites is 4. The standard InChI is InChI=1S/C44H26N2S2.C42H24N4O2/c1-2-10-32-30(28-20-24-40(46-26-28)38-16-8-14-36-34-12-4-6-18-42(34)48-44(36)38)22-21-29(31(32)9-1)27-19-23-39(45-25-27)37-15-7-13-35-33-11-3-5-17-41(33)47-43(35)37;1-2-10-30-28(26-23-45-42(46-24-26)36-16-8-14-34-32-12-4-6-18-38(32)48-40(34)36)20-19-27(29(30)9-1)25-21-43-41(44-22-25)35-15-7-13-33-31-11-3-5-17-37(31)47-39(33)35/h1-26H;1-24H. The van der Waals surface area contributed by atoms with Crippen LogP contribution in [0.3, 0.4) is 0 Å². The second-order valence-electron chi connectivity index (χ2n) is 24.0. The van der Waals surface area contributed by atoms with Crippen molar-refractivity contribution in [1.29, 1.82) is 0 Å². The van der Waals surface area contributed by atoms with E-state index in [-0.39, 0.29) is 0 Å². The quantitative estimate of drug-likeness (QED) is 0.148. The lowest BCUT2D eigenvalue weighted by atomic mass is 9.93. The number of rotatable bonds is 8. The fourth-order valence-electron chi connectivity index (χ4n) is 14.0. The fraction of sp³-hybridized carbons (Fsp3) is 0. The fourth-order valence-corrected chi connectivity index (χ4v) is 16.4. The van der Waals surface area contributed by atoms with Gasteiger partial charge in [-0.2, -0.15) is 0 Å². The van der Waals surface area contributed by atoms with Gasteiger partial charge in [0.05, 0.1) is 22.5 Å². The predicted molar refractivity (Wildman–Crippen MR) is 398 cm³/mol. The zero-order valence-corrected chi connectivity index (χ0v) is 52.8. The Morgan fingerprint density at radius 1 is 0.208 bits per heavy atom. The molecule has 96 heavy (non-hydrogen) atoms. The Kier molecular flexibility index (Phi) is 13.1. The highest BCUT2D eigenvalue weighted by molar-refractivity contribution is 7.26. The van der Waals surface area contributed by atoms with Gasteiger partial charge in [0.15, 0.2) is 11.6 Å². The summed E-state index contributed by atoms with van der Waals surface area (Å²) in [7, 11) is 0. The van der Waals surface area contributed by atoms with Crippen molar-refractivity contribution >= 4 is 128 Å². The number of furan rings is 2. The van der Waals surface area contributed by atoms with E-state index < -0.39 is 0 Å². The van der Waals surface area contributed by atoms with Crippen LogP contribution in [0.2, 0.25) is 0 Å². The number of aromatic nitrogens is 6. The maximum absolute atomic E-state index is 6.23. The van der Waals surface area contributed by atoms with E-state index in [0.29, 0.717) is 11.6 Å². The van der Waals surface area contributed by atoms with Crippen LogP contribution < -0.4 is 0 Å². The molecule has 0 aliphatic rings. The lowest BCUT2D eigenvalue weighted by Crippen LogP contribution is -1.93. The van der Waals surface area contributed by atoms with Gasteiger partial charge in [-0.3, -0.25) is 9.97 Å². The summed E-state index contributed by atoms with van der Waals surface area (Å²) in [5, 5.41) is 14.1. The molecule has 448 valence electrons. The predicted octanol–water partition coefficient (Wildman–Crippen LogP) is 23.9. The van der Waals surface area contributed by atoms with E-state index in [1.807, 2.05) is 121 Å². The molecule has 8 nitrogen and oxygen atoms in total. The van der Waals surface area contributed by atoms with Crippen molar-refractivity contribution in [2.45, 2.75) is 0 Å². The van der Waals surface area contributed by atoms with Gasteiger partial charge in [-0.15, -0.1) is 22.7 Å². The van der Waals surface area contributed by atoms with Crippen molar-refractivity contribution in [3.8, 4) is 89.8 Å². The summed E-state index contributed by atoms with van der Waals surface area (Å²) in [6.07, 6.45) is 11.6. The minimum absolute atomic E-state index is 0.625. The van der Waals surface area contributed by atoms with Crippen LogP contribution in [0, 0.1) is 0 Å². The topological polar surface area (TPSA) is 104 Å². The van der Waals surface area contributed by atoms with Gasteiger partial charge < -0.3 is 8.83 Å². The Balaban J connectivity index is 0.000000135. The van der Waals surface area contributed by atoms with Gasteiger partial charge in [-0.1, -0.05) is 218 Å². The van der Waals surface area contributed by atoms with Crippen molar-refractivity contribution in [3.05, 3.63) is 304 Å². The number of fused-ring (bicyclic) bond motifs is 14. The van der Waals surface area contributed by atoms with E-state index in [1.54, 1.807) is 0 Å². The van der Waals surface area contributed by atoms with Crippen LogP contribution in [0.1, 0.15) is 0 Å². The van der Waals surface area contributed by atoms with Crippen LogP contribution in [0.25, 0.3) is 196 Å². The maximum atomic E-state index is 6.23. The number of thiophene rings is 2. The average Bonchev–Trinajstić information content (AvgIpc) is 0.889. The molecule has 0 spiro atoms. The van der Waals surface area contributed by atoms with E-state index in [1.165, 1.54) is 73.4 Å². The van der Waals surface area contributed by atoms with Gasteiger partial charge in [0.25, 0.3) is 0 Å². The summed E-state index contributed by atoms with van der Waals surface area (Å²) in [5.41, 5.74) is 17.9. The molecule has 0 radical (unpaired) electrons. The summed E-state index contributed by atoms with van der Waals surface area (Å²) in [5.74, 6) is 1.25. The SMILES string of the molecule is c1ccc2c(c1)oc1c(-c3ncc(-c4ccc(-c5cnc(-c6cccc7c6oc6ccccc67)nc5)c5ccccc45)cn3)cccc12.c1ccc2c(c1)sc1c(-c3ccc(-c4ccc(-c5ccc(-c6cccc7c6sc6ccccc67)nc5)c5ccccc45)cn3)cccc12. The molecule has 0 saturated heterocycles. The zero-order valence-electron chi connectivity index (χ0n) is 51.2. The van der Waals surface area contributed by atoms with Gasteiger partial charge in [0.1, 0.15) is 22.3 Å². The van der Waals surface area contributed by atoms with Crippen LogP contribution in [0.4, 0.5) is 0 Å². The molecule has 12 aromatic carbocycles. The Labute approximate surface area is 557 Å². The lowest BCUT2D eigenvalue weighted by molar-refractivity contribution is 0.669.